The van der Waals surface area contributed by atoms with Crippen molar-refractivity contribution in [2.45, 2.75) is 277 Å². The molecule has 11 nitrogen and oxygen atoms in total. The van der Waals surface area contributed by atoms with Crippen LogP contribution in [0.5, 0.6) is 0 Å². The summed E-state index contributed by atoms with van der Waals surface area (Å²) < 4.78 is 39.5. The lowest BCUT2D eigenvalue weighted by molar-refractivity contribution is -0.161. The van der Waals surface area contributed by atoms with Crippen LogP contribution in [0.2, 0.25) is 0 Å². The molecule has 0 rings (SSSR count). The summed E-state index contributed by atoms with van der Waals surface area (Å²) in [6, 6.07) is 0. The monoisotopic (exact) mass is 1140 g/mol. The van der Waals surface area contributed by atoms with E-state index in [0.29, 0.717) is 19.3 Å². The van der Waals surface area contributed by atoms with E-state index in [4.69, 9.17) is 23.3 Å². The lowest BCUT2D eigenvalue weighted by atomic mass is 10.0. The number of phosphoric acid groups is 1. The molecule has 2 N–H and O–H groups in total. The third-order valence-corrected chi connectivity index (χ3v) is 14.2. The van der Waals surface area contributed by atoms with Gasteiger partial charge in [0, 0.05) is 12.8 Å². The Hall–Kier alpha value is -3.86. The number of aliphatic hydroxyl groups excluding tert-OH is 1. The topological polar surface area (TPSA) is 155 Å². The Morgan fingerprint density at radius 3 is 1.10 bits per heavy atom. The highest BCUT2D eigenvalue weighted by atomic mass is 31.2. The molecule has 0 bridgehead atoms. The van der Waals surface area contributed by atoms with Crippen LogP contribution in [0.3, 0.4) is 0 Å². The summed E-state index contributed by atoms with van der Waals surface area (Å²) in [4.78, 5) is 48.7. The van der Waals surface area contributed by atoms with Crippen molar-refractivity contribution < 1.29 is 52.2 Å². The molecular weight excluding hydrogens is 1020 g/mol. The van der Waals surface area contributed by atoms with Crippen LogP contribution in [0.1, 0.15) is 265 Å². The summed E-state index contributed by atoms with van der Waals surface area (Å²) in [5.74, 6) is -1.61. The fourth-order valence-corrected chi connectivity index (χ4v) is 9.27. The molecule has 0 heterocycles. The number of phosphoric ester groups is 1. The van der Waals surface area contributed by atoms with Crippen LogP contribution in [0.15, 0.2) is 109 Å². The molecule has 12 heteroatoms. The van der Waals surface area contributed by atoms with E-state index in [-0.39, 0.29) is 25.9 Å². The first kappa shape index (κ1) is 76.1. The lowest BCUT2D eigenvalue weighted by Gasteiger charge is -2.21. The molecule has 0 aliphatic rings. The Labute approximate surface area is 488 Å². The van der Waals surface area contributed by atoms with Crippen molar-refractivity contribution in [3.8, 4) is 0 Å². The molecule has 3 atom stereocenters. The lowest BCUT2D eigenvalue weighted by Crippen LogP contribution is -2.30. The van der Waals surface area contributed by atoms with Crippen molar-refractivity contribution in [2.24, 2.45) is 0 Å². The van der Waals surface area contributed by atoms with E-state index < -0.39 is 57.8 Å². The number of carbonyl (C=O) groups is 3. The zero-order valence-corrected chi connectivity index (χ0v) is 51.7. The molecule has 0 amide bonds. The van der Waals surface area contributed by atoms with Gasteiger partial charge in [0.15, 0.2) is 6.10 Å². The van der Waals surface area contributed by atoms with Gasteiger partial charge in [0.1, 0.15) is 12.7 Å². The zero-order valence-electron chi connectivity index (χ0n) is 50.8. The molecule has 0 aromatic heterocycles. The van der Waals surface area contributed by atoms with Gasteiger partial charge >= 0.3 is 25.7 Å². The van der Waals surface area contributed by atoms with Crippen LogP contribution < -0.4 is 0 Å². The van der Waals surface area contributed by atoms with Crippen LogP contribution in [-0.2, 0) is 42.2 Å². The molecule has 80 heavy (non-hydrogen) atoms. The average molecular weight is 1140 g/mol. The maximum Gasteiger partial charge on any atom is 0.472 e. The third kappa shape index (κ3) is 58.8. The van der Waals surface area contributed by atoms with Gasteiger partial charge in [-0.05, 0) is 83.5 Å². The molecular formula is C68H115O11P. The van der Waals surface area contributed by atoms with Crippen molar-refractivity contribution in [1.82, 2.24) is 0 Å². The Kier molecular flexibility index (Phi) is 58.3. The molecule has 0 aliphatic heterocycles. The smallest absolute Gasteiger partial charge is 0.462 e. The summed E-state index contributed by atoms with van der Waals surface area (Å²) in [7, 11) is -4.79. The fourth-order valence-electron chi connectivity index (χ4n) is 8.48. The fraction of sp³-hybridized carbons (Fsp3) is 0.691. The van der Waals surface area contributed by atoms with E-state index in [1.165, 1.54) is 96.3 Å². The largest absolute Gasteiger partial charge is 0.472 e. The molecule has 3 unspecified atom stereocenters. The minimum absolute atomic E-state index is 0.0596. The van der Waals surface area contributed by atoms with E-state index >= 15 is 0 Å². The van der Waals surface area contributed by atoms with Gasteiger partial charge in [-0.15, -0.1) is 0 Å². The van der Waals surface area contributed by atoms with Crippen LogP contribution in [0.4, 0.5) is 0 Å². The normalized spacial score (nSPS) is 14.0. The summed E-state index contributed by atoms with van der Waals surface area (Å²) >= 11 is 0. The first-order valence-corrected chi connectivity index (χ1v) is 33.3. The number of rotatable bonds is 58. The van der Waals surface area contributed by atoms with E-state index in [1.54, 1.807) is 6.08 Å². The van der Waals surface area contributed by atoms with Crippen molar-refractivity contribution in [3.63, 3.8) is 0 Å². The number of aliphatic hydroxyl groups is 1. The quantitative estimate of drug-likeness (QED) is 0.0197. The summed E-state index contributed by atoms with van der Waals surface area (Å²) in [5, 5.41) is 9.82. The summed E-state index contributed by atoms with van der Waals surface area (Å²) in [6.07, 6.45) is 75.0. The number of esters is 3. The maximum atomic E-state index is 13.0. The number of hydrogen-bond donors (Lipinski definition) is 2. The van der Waals surface area contributed by atoms with Crippen molar-refractivity contribution in [1.29, 1.82) is 0 Å². The van der Waals surface area contributed by atoms with Gasteiger partial charge in [-0.3, -0.25) is 23.4 Å². The highest BCUT2D eigenvalue weighted by Crippen LogP contribution is 2.43. The Morgan fingerprint density at radius 2 is 0.700 bits per heavy atom. The van der Waals surface area contributed by atoms with E-state index in [9.17, 15) is 28.9 Å². The Bertz CT molecular complexity index is 1760. The summed E-state index contributed by atoms with van der Waals surface area (Å²) in [5.41, 5.74) is 0. The molecule has 0 radical (unpaired) electrons. The van der Waals surface area contributed by atoms with Crippen LogP contribution in [0.25, 0.3) is 0 Å². The van der Waals surface area contributed by atoms with Crippen LogP contribution >= 0.6 is 7.82 Å². The summed E-state index contributed by atoms with van der Waals surface area (Å²) in [6.45, 7) is 4.32. The maximum absolute atomic E-state index is 13.0. The van der Waals surface area contributed by atoms with Crippen molar-refractivity contribution in [3.05, 3.63) is 109 Å². The number of allylic oxidation sites excluding steroid dienone is 17. The van der Waals surface area contributed by atoms with Gasteiger partial charge in [0.2, 0.25) is 0 Å². The van der Waals surface area contributed by atoms with Gasteiger partial charge in [-0.1, -0.05) is 271 Å². The van der Waals surface area contributed by atoms with Crippen molar-refractivity contribution in [2.75, 3.05) is 26.4 Å². The second kappa shape index (κ2) is 61.2. The standard InChI is InChI=1S/C68H115O11P/c1-4-7-10-13-16-19-22-25-28-30-32-34-37-39-42-45-48-51-54-57-66(70)75-61-65(79-68(72)59-56-53-50-47-44-41-38-35-33-31-29-26-23-20-17-14-11-8-5-2)63-77-80(73,74)76-62-64(60-69)78-67(71)58-55-52-49-46-43-40-36-27-24-21-18-15-12-9-6-3/h8-9,11-12,17-18,20-21,26-27,29,33,35-36,43,46,52,55,64-65,69H,4-7,10,13-16,19,22-25,28,30-32,34,37-42,44-45,47-51,53-54,56-63H2,1-3H3,(H,73,74)/b11-8-,12-9-,20-17-,21-18-,29-26-,35-33-,36-27-,46-43-,55-52-. The molecule has 0 saturated heterocycles. The Morgan fingerprint density at radius 1 is 0.375 bits per heavy atom. The second-order valence-electron chi connectivity index (χ2n) is 20.8. The van der Waals surface area contributed by atoms with E-state index in [1.807, 2.05) is 18.2 Å². The molecule has 458 valence electrons. The van der Waals surface area contributed by atoms with E-state index in [2.05, 4.69) is 106 Å². The molecule has 0 aromatic carbocycles. The first-order chi connectivity index (χ1) is 39.2. The third-order valence-electron chi connectivity index (χ3n) is 13.2. The van der Waals surface area contributed by atoms with Gasteiger partial charge in [0.25, 0.3) is 0 Å². The molecule has 0 spiro atoms. The average Bonchev–Trinajstić information content (AvgIpc) is 3.45. The van der Waals surface area contributed by atoms with Gasteiger partial charge in [-0.25, -0.2) is 4.57 Å². The number of ether oxygens (including phenoxy) is 3. The molecule has 0 aliphatic carbocycles. The number of hydrogen-bond acceptors (Lipinski definition) is 10. The number of carbonyl (C=O) groups excluding carboxylic acids is 3. The van der Waals surface area contributed by atoms with Crippen molar-refractivity contribution >= 4 is 25.7 Å². The predicted octanol–water partition coefficient (Wildman–Crippen LogP) is 19.4. The highest BCUT2D eigenvalue weighted by molar-refractivity contribution is 7.47. The molecule has 0 aromatic rings. The van der Waals surface area contributed by atoms with Gasteiger partial charge in [-0.2, -0.15) is 0 Å². The first-order valence-electron chi connectivity index (χ1n) is 31.8. The molecule has 0 fully saturated rings. The van der Waals surface area contributed by atoms with Gasteiger partial charge < -0.3 is 24.2 Å². The molecule has 0 saturated carbocycles. The highest BCUT2D eigenvalue weighted by Gasteiger charge is 2.28. The van der Waals surface area contributed by atoms with Crippen LogP contribution in [-0.4, -0.2) is 66.5 Å². The second-order valence-corrected chi connectivity index (χ2v) is 22.3. The van der Waals surface area contributed by atoms with Gasteiger partial charge in [0.05, 0.1) is 26.2 Å². The minimum atomic E-state index is -4.79. The van der Waals surface area contributed by atoms with E-state index in [0.717, 1.165) is 109 Å². The SMILES string of the molecule is CC/C=C\C/C=C\C/C=C\C/C=C\C/C=C\CC(=O)OC(CO)COP(=O)(O)OCC(COC(=O)CCCCCCCCCCCCCCCCCCCCC)OC(=O)CCCCCCCC/C=C\C/C=C\C/C=C\C/C=C\CC. The predicted molar refractivity (Wildman–Crippen MR) is 334 cm³/mol. The zero-order chi connectivity index (χ0) is 58.3. The van der Waals surface area contributed by atoms with Crippen LogP contribution in [0, 0.1) is 0 Å². The Balaban J connectivity index is 4.80. The minimum Gasteiger partial charge on any atom is -0.462 e. The number of unbranched alkanes of at least 4 members (excludes halogenated alkanes) is 24.